The zero-order valence-electron chi connectivity index (χ0n) is 10.6. The molecule has 0 saturated heterocycles. The van der Waals surface area contributed by atoms with Crippen LogP contribution < -0.4 is 5.32 Å². The first kappa shape index (κ1) is 14.0. The van der Waals surface area contributed by atoms with E-state index in [0.29, 0.717) is 11.3 Å². The van der Waals surface area contributed by atoms with Crippen molar-refractivity contribution in [2.75, 3.05) is 5.32 Å². The summed E-state index contributed by atoms with van der Waals surface area (Å²) in [6, 6.07) is 15.3. The van der Waals surface area contributed by atoms with Crippen molar-refractivity contribution in [3.63, 3.8) is 0 Å². The van der Waals surface area contributed by atoms with Crippen LogP contribution in [0.3, 0.4) is 0 Å². The highest BCUT2D eigenvalue weighted by Crippen LogP contribution is 2.19. The summed E-state index contributed by atoms with van der Waals surface area (Å²) in [4.78, 5) is 10.4. The van der Waals surface area contributed by atoms with Gasteiger partial charge in [0.2, 0.25) is 6.41 Å². The van der Waals surface area contributed by atoms with Gasteiger partial charge in [-0.15, -0.1) is 0 Å². The highest BCUT2D eigenvalue weighted by Gasteiger charge is 2.13. The van der Waals surface area contributed by atoms with Crippen molar-refractivity contribution in [1.82, 2.24) is 0 Å². The average Bonchev–Trinajstić information content (AvgIpc) is 2.46. The van der Waals surface area contributed by atoms with Gasteiger partial charge in [0.05, 0.1) is 17.1 Å². The Morgan fingerprint density at radius 3 is 2.50 bits per heavy atom. The standard InChI is InChI=1S/C14H14N2O4/c17-14(15-12-7-2-1-3-8-12)20-10-11-6-4-5-9-13(11)16(18)19/h1-9,14-15,17H,10H2. The Labute approximate surface area is 115 Å². The Balaban J connectivity index is 1.94. The van der Waals surface area contributed by atoms with E-state index < -0.39 is 11.3 Å². The SMILES string of the molecule is O=[N+]([O-])c1ccccc1COC(O)Nc1ccccc1. The molecule has 2 rings (SSSR count). The number of nitrogens with one attached hydrogen (secondary N) is 1. The molecule has 6 heteroatoms. The van der Waals surface area contributed by atoms with Crippen LogP contribution in [0.25, 0.3) is 0 Å². The maximum Gasteiger partial charge on any atom is 0.274 e. The Morgan fingerprint density at radius 2 is 1.80 bits per heavy atom. The lowest BCUT2D eigenvalue weighted by molar-refractivity contribution is -0.386. The number of aliphatic hydroxyl groups is 1. The molecule has 0 aliphatic carbocycles. The molecule has 0 bridgehead atoms. The number of hydrogen-bond donors (Lipinski definition) is 2. The molecule has 1 unspecified atom stereocenters. The molecule has 104 valence electrons. The number of nitrogens with zero attached hydrogens (tertiary/aromatic N) is 1. The molecule has 20 heavy (non-hydrogen) atoms. The second-order valence-corrected chi connectivity index (χ2v) is 4.06. The number of hydrogen-bond acceptors (Lipinski definition) is 5. The predicted octanol–water partition coefficient (Wildman–Crippen LogP) is 2.50. The first-order valence-electron chi connectivity index (χ1n) is 6.00. The maximum atomic E-state index is 10.8. The van der Waals surface area contributed by atoms with Gasteiger partial charge in [-0.25, -0.2) is 0 Å². The van der Waals surface area contributed by atoms with Gasteiger partial charge in [0.25, 0.3) is 5.69 Å². The number of aliphatic hydroxyl groups excluding tert-OH is 1. The van der Waals surface area contributed by atoms with Gasteiger partial charge in [0.1, 0.15) is 0 Å². The zero-order valence-corrected chi connectivity index (χ0v) is 10.6. The van der Waals surface area contributed by atoms with E-state index >= 15 is 0 Å². The first-order chi connectivity index (χ1) is 9.66. The van der Waals surface area contributed by atoms with Crippen molar-refractivity contribution in [3.05, 3.63) is 70.3 Å². The van der Waals surface area contributed by atoms with E-state index in [9.17, 15) is 15.2 Å². The highest BCUT2D eigenvalue weighted by atomic mass is 16.6. The Kier molecular flexibility index (Phi) is 4.65. The third kappa shape index (κ3) is 3.78. The molecular weight excluding hydrogens is 260 g/mol. The molecule has 0 spiro atoms. The second kappa shape index (κ2) is 6.65. The monoisotopic (exact) mass is 274 g/mol. The van der Waals surface area contributed by atoms with Crippen molar-refractivity contribution in [1.29, 1.82) is 0 Å². The largest absolute Gasteiger partial charge is 0.351 e. The number of nitro benzene ring substituents is 1. The first-order valence-corrected chi connectivity index (χ1v) is 6.00. The molecule has 6 nitrogen and oxygen atoms in total. The van der Waals surface area contributed by atoms with Crippen molar-refractivity contribution < 1.29 is 14.8 Å². The van der Waals surface area contributed by atoms with Gasteiger partial charge in [-0.1, -0.05) is 30.3 Å². The number of anilines is 1. The van der Waals surface area contributed by atoms with Crippen LogP contribution >= 0.6 is 0 Å². The van der Waals surface area contributed by atoms with E-state index in [2.05, 4.69) is 5.32 Å². The molecule has 0 fully saturated rings. The number of rotatable bonds is 6. The molecule has 2 N–H and O–H groups in total. The maximum absolute atomic E-state index is 10.8. The summed E-state index contributed by atoms with van der Waals surface area (Å²) >= 11 is 0. The quantitative estimate of drug-likeness (QED) is 0.480. The van der Waals surface area contributed by atoms with Crippen molar-refractivity contribution in [3.8, 4) is 0 Å². The van der Waals surface area contributed by atoms with E-state index in [4.69, 9.17) is 4.74 Å². The van der Waals surface area contributed by atoms with E-state index in [0.717, 1.165) is 0 Å². The molecule has 1 atom stereocenters. The molecule has 0 aliphatic heterocycles. The van der Waals surface area contributed by atoms with Crippen LogP contribution in [-0.4, -0.2) is 16.4 Å². The lowest BCUT2D eigenvalue weighted by atomic mass is 10.2. The molecule has 0 heterocycles. The minimum atomic E-state index is -1.24. The van der Waals surface area contributed by atoms with E-state index in [1.165, 1.54) is 6.07 Å². The van der Waals surface area contributed by atoms with Crippen molar-refractivity contribution in [2.24, 2.45) is 0 Å². The highest BCUT2D eigenvalue weighted by molar-refractivity contribution is 5.42. The molecule has 0 aliphatic rings. The fourth-order valence-electron chi connectivity index (χ4n) is 1.70. The van der Waals surface area contributed by atoms with Crippen LogP contribution in [0.4, 0.5) is 11.4 Å². The average molecular weight is 274 g/mol. The van der Waals surface area contributed by atoms with Gasteiger partial charge < -0.3 is 15.2 Å². The minimum absolute atomic E-state index is 0.0283. The van der Waals surface area contributed by atoms with Crippen LogP contribution in [0.1, 0.15) is 5.56 Å². The fourth-order valence-corrected chi connectivity index (χ4v) is 1.70. The molecule has 0 amide bonds. The summed E-state index contributed by atoms with van der Waals surface area (Å²) in [6.07, 6.45) is -1.24. The number of nitro groups is 1. The Hall–Kier alpha value is -2.44. The van der Waals surface area contributed by atoms with E-state index in [1.807, 2.05) is 18.2 Å². The summed E-state index contributed by atoms with van der Waals surface area (Å²) in [5.41, 5.74) is 1.08. The van der Waals surface area contributed by atoms with Crippen LogP contribution in [0.2, 0.25) is 0 Å². The Morgan fingerprint density at radius 1 is 1.15 bits per heavy atom. The fraction of sp³-hybridized carbons (Fsp3) is 0.143. The Bertz CT molecular complexity index is 574. The normalized spacial score (nSPS) is 11.8. The van der Waals surface area contributed by atoms with Gasteiger partial charge in [-0.05, 0) is 18.2 Å². The molecule has 2 aromatic carbocycles. The lowest BCUT2D eigenvalue weighted by Gasteiger charge is -2.14. The third-order valence-corrected chi connectivity index (χ3v) is 2.65. The summed E-state index contributed by atoms with van der Waals surface area (Å²) in [7, 11) is 0. The molecule has 0 saturated carbocycles. The van der Waals surface area contributed by atoms with Crippen LogP contribution in [0, 0.1) is 10.1 Å². The van der Waals surface area contributed by atoms with Gasteiger partial charge in [0, 0.05) is 11.8 Å². The molecule has 0 aromatic heterocycles. The summed E-state index contributed by atoms with van der Waals surface area (Å²) in [5.74, 6) is 0. The third-order valence-electron chi connectivity index (χ3n) is 2.65. The predicted molar refractivity (Wildman–Crippen MR) is 74.0 cm³/mol. The molecular formula is C14H14N2O4. The number of para-hydroxylation sites is 2. The zero-order chi connectivity index (χ0) is 14.4. The summed E-state index contributed by atoms with van der Waals surface area (Å²) in [6.45, 7) is -0.0574. The summed E-state index contributed by atoms with van der Waals surface area (Å²) in [5, 5.41) is 23.2. The van der Waals surface area contributed by atoms with Crippen molar-refractivity contribution in [2.45, 2.75) is 13.0 Å². The van der Waals surface area contributed by atoms with Crippen LogP contribution in [0.5, 0.6) is 0 Å². The van der Waals surface area contributed by atoms with Crippen molar-refractivity contribution >= 4 is 11.4 Å². The van der Waals surface area contributed by atoms with E-state index in [1.54, 1.807) is 30.3 Å². The van der Waals surface area contributed by atoms with Gasteiger partial charge in [-0.3, -0.25) is 10.1 Å². The smallest absolute Gasteiger partial charge is 0.274 e. The summed E-state index contributed by atoms with van der Waals surface area (Å²) < 4.78 is 5.16. The van der Waals surface area contributed by atoms with E-state index in [-0.39, 0.29) is 12.3 Å². The minimum Gasteiger partial charge on any atom is -0.351 e. The molecule has 0 radical (unpaired) electrons. The van der Waals surface area contributed by atoms with Crippen LogP contribution in [-0.2, 0) is 11.3 Å². The topological polar surface area (TPSA) is 84.6 Å². The number of benzene rings is 2. The molecule has 2 aromatic rings. The second-order valence-electron chi connectivity index (χ2n) is 4.06. The lowest BCUT2D eigenvalue weighted by Crippen LogP contribution is -2.22. The van der Waals surface area contributed by atoms with Gasteiger partial charge >= 0.3 is 0 Å². The van der Waals surface area contributed by atoms with Crippen LogP contribution in [0.15, 0.2) is 54.6 Å². The number of ether oxygens (including phenoxy) is 1. The van der Waals surface area contributed by atoms with Gasteiger partial charge in [-0.2, -0.15) is 0 Å². The van der Waals surface area contributed by atoms with Gasteiger partial charge in [0.15, 0.2) is 0 Å².